The van der Waals surface area contributed by atoms with E-state index >= 15 is 0 Å². The van der Waals surface area contributed by atoms with Crippen LogP contribution >= 0.6 is 0 Å². The molecule has 0 bridgehead atoms. The zero-order valence-corrected chi connectivity index (χ0v) is 14.1. The monoisotopic (exact) mass is 318 g/mol. The lowest BCUT2D eigenvalue weighted by Crippen LogP contribution is -2.42. The first-order valence-electron chi connectivity index (χ1n) is 8.55. The van der Waals surface area contributed by atoms with Gasteiger partial charge in [-0.15, -0.1) is 5.10 Å². The molecule has 2 saturated heterocycles. The van der Waals surface area contributed by atoms with E-state index in [1.807, 2.05) is 11.8 Å². The van der Waals surface area contributed by atoms with Gasteiger partial charge in [0, 0.05) is 32.6 Å². The Morgan fingerprint density at radius 2 is 1.87 bits per heavy atom. The molecular weight excluding hydrogens is 292 g/mol. The molecule has 0 saturated carbocycles. The van der Waals surface area contributed by atoms with Crippen molar-refractivity contribution in [3.8, 4) is 0 Å². The summed E-state index contributed by atoms with van der Waals surface area (Å²) in [6.45, 7) is 8.81. The van der Waals surface area contributed by atoms with E-state index in [9.17, 15) is 4.79 Å². The summed E-state index contributed by atoms with van der Waals surface area (Å²) in [5.74, 6) is 1.74. The molecule has 126 valence electrons. The molecule has 2 fully saturated rings. The van der Waals surface area contributed by atoms with E-state index in [2.05, 4.69) is 28.1 Å². The second-order valence-corrected chi connectivity index (χ2v) is 6.60. The molecule has 0 N–H and O–H groups in total. The van der Waals surface area contributed by atoms with Crippen LogP contribution in [0, 0.1) is 19.8 Å². The Labute approximate surface area is 137 Å². The van der Waals surface area contributed by atoms with E-state index in [-0.39, 0.29) is 5.91 Å². The molecular formula is C17H26N4O2. The first-order chi connectivity index (χ1) is 11.1. The van der Waals surface area contributed by atoms with Gasteiger partial charge < -0.3 is 14.5 Å². The number of nitrogens with zero attached hydrogens (tertiary/aromatic N) is 4. The number of ether oxygens (including phenoxy) is 1. The third kappa shape index (κ3) is 3.99. The summed E-state index contributed by atoms with van der Waals surface area (Å²) in [4.78, 5) is 16.6. The Kier molecular flexibility index (Phi) is 5.10. The second-order valence-electron chi connectivity index (χ2n) is 6.60. The SMILES string of the molecule is Cc1cc(N2CCC(CC(=O)N3CCOCC3)CC2)nnc1C. The minimum Gasteiger partial charge on any atom is -0.378 e. The summed E-state index contributed by atoms with van der Waals surface area (Å²) in [6.07, 6.45) is 2.77. The first kappa shape index (κ1) is 16.2. The highest BCUT2D eigenvalue weighted by atomic mass is 16.5. The fraction of sp³-hybridized carbons (Fsp3) is 0.706. The van der Waals surface area contributed by atoms with Gasteiger partial charge in [-0.1, -0.05) is 0 Å². The largest absolute Gasteiger partial charge is 0.378 e. The number of morpholine rings is 1. The highest BCUT2D eigenvalue weighted by molar-refractivity contribution is 5.76. The molecule has 2 aliphatic rings. The molecule has 0 spiro atoms. The average molecular weight is 318 g/mol. The zero-order valence-electron chi connectivity index (χ0n) is 14.1. The summed E-state index contributed by atoms with van der Waals surface area (Å²) >= 11 is 0. The van der Waals surface area contributed by atoms with E-state index in [1.54, 1.807) is 0 Å². The van der Waals surface area contributed by atoms with Gasteiger partial charge >= 0.3 is 0 Å². The summed E-state index contributed by atoms with van der Waals surface area (Å²) in [7, 11) is 0. The van der Waals surface area contributed by atoms with Crippen molar-refractivity contribution in [3.05, 3.63) is 17.3 Å². The van der Waals surface area contributed by atoms with Crippen LogP contribution in [-0.4, -0.2) is 60.4 Å². The molecule has 1 aromatic rings. The lowest BCUT2D eigenvalue weighted by Gasteiger charge is -2.34. The lowest BCUT2D eigenvalue weighted by molar-refractivity contribution is -0.136. The van der Waals surface area contributed by atoms with Crippen LogP contribution < -0.4 is 4.90 Å². The summed E-state index contributed by atoms with van der Waals surface area (Å²) < 4.78 is 5.31. The van der Waals surface area contributed by atoms with Gasteiger partial charge in [0.1, 0.15) is 0 Å². The highest BCUT2D eigenvalue weighted by Gasteiger charge is 2.25. The molecule has 2 aliphatic heterocycles. The summed E-state index contributed by atoms with van der Waals surface area (Å²) in [6, 6.07) is 2.11. The van der Waals surface area contributed by atoms with Gasteiger partial charge in [-0.3, -0.25) is 4.79 Å². The molecule has 0 aliphatic carbocycles. The van der Waals surface area contributed by atoms with E-state index in [1.165, 1.54) is 5.56 Å². The van der Waals surface area contributed by atoms with Crippen LogP contribution in [0.3, 0.4) is 0 Å². The highest BCUT2D eigenvalue weighted by Crippen LogP contribution is 2.25. The van der Waals surface area contributed by atoms with Crippen LogP contribution in [0.2, 0.25) is 0 Å². The van der Waals surface area contributed by atoms with Gasteiger partial charge in [-0.25, -0.2) is 0 Å². The van der Waals surface area contributed by atoms with E-state index < -0.39 is 0 Å². The summed E-state index contributed by atoms with van der Waals surface area (Å²) in [5.41, 5.74) is 2.17. The number of carbonyl (C=O) groups excluding carboxylic acids is 1. The Balaban J connectivity index is 1.49. The Morgan fingerprint density at radius 1 is 1.17 bits per heavy atom. The second kappa shape index (κ2) is 7.25. The summed E-state index contributed by atoms with van der Waals surface area (Å²) in [5, 5.41) is 8.53. The number of aryl methyl sites for hydroxylation is 2. The molecule has 6 heteroatoms. The fourth-order valence-corrected chi connectivity index (χ4v) is 3.24. The first-order valence-corrected chi connectivity index (χ1v) is 8.55. The average Bonchev–Trinajstić information content (AvgIpc) is 2.59. The van der Waals surface area contributed by atoms with E-state index in [0.717, 1.165) is 50.5 Å². The van der Waals surface area contributed by atoms with Crippen molar-refractivity contribution in [1.82, 2.24) is 15.1 Å². The van der Waals surface area contributed by atoms with Crippen molar-refractivity contribution < 1.29 is 9.53 Å². The van der Waals surface area contributed by atoms with Gasteiger partial charge in [0.25, 0.3) is 0 Å². The molecule has 1 amide bonds. The number of anilines is 1. The maximum absolute atomic E-state index is 12.3. The van der Waals surface area contributed by atoms with Crippen LogP contribution in [0.25, 0.3) is 0 Å². The minimum absolute atomic E-state index is 0.290. The van der Waals surface area contributed by atoms with Gasteiger partial charge in [0.15, 0.2) is 5.82 Å². The quantitative estimate of drug-likeness (QED) is 0.846. The zero-order chi connectivity index (χ0) is 16.2. The minimum atomic E-state index is 0.290. The number of piperidine rings is 1. The number of rotatable bonds is 3. The van der Waals surface area contributed by atoms with Crippen LogP contribution in [0.15, 0.2) is 6.07 Å². The molecule has 6 nitrogen and oxygen atoms in total. The fourth-order valence-electron chi connectivity index (χ4n) is 3.24. The van der Waals surface area contributed by atoms with Crippen LogP contribution in [0.1, 0.15) is 30.5 Å². The number of aromatic nitrogens is 2. The maximum Gasteiger partial charge on any atom is 0.223 e. The van der Waals surface area contributed by atoms with Crippen molar-refractivity contribution in [2.24, 2.45) is 5.92 Å². The predicted octanol–water partition coefficient (Wildman–Crippen LogP) is 1.56. The number of carbonyl (C=O) groups is 1. The van der Waals surface area contributed by atoms with Crippen molar-refractivity contribution >= 4 is 11.7 Å². The molecule has 1 aromatic heterocycles. The molecule has 23 heavy (non-hydrogen) atoms. The standard InChI is InChI=1S/C17H26N4O2/c1-13-11-16(19-18-14(13)2)20-5-3-15(4-6-20)12-17(22)21-7-9-23-10-8-21/h11,15H,3-10,12H2,1-2H3. The number of amides is 1. The number of hydrogen-bond acceptors (Lipinski definition) is 5. The lowest BCUT2D eigenvalue weighted by atomic mass is 9.93. The van der Waals surface area contributed by atoms with Crippen molar-refractivity contribution in [1.29, 1.82) is 0 Å². The molecule has 0 atom stereocenters. The topological polar surface area (TPSA) is 58.6 Å². The van der Waals surface area contributed by atoms with Crippen LogP contribution in [0.5, 0.6) is 0 Å². The van der Waals surface area contributed by atoms with Gasteiger partial charge in [-0.05, 0) is 44.2 Å². The van der Waals surface area contributed by atoms with Crippen molar-refractivity contribution in [2.75, 3.05) is 44.3 Å². The van der Waals surface area contributed by atoms with E-state index in [0.29, 0.717) is 25.6 Å². The Hall–Kier alpha value is -1.69. The maximum atomic E-state index is 12.3. The van der Waals surface area contributed by atoms with Crippen LogP contribution in [-0.2, 0) is 9.53 Å². The van der Waals surface area contributed by atoms with Gasteiger partial charge in [0.05, 0.1) is 18.9 Å². The van der Waals surface area contributed by atoms with Crippen LogP contribution in [0.4, 0.5) is 5.82 Å². The smallest absolute Gasteiger partial charge is 0.223 e. The normalized spacial score (nSPS) is 19.9. The third-order valence-electron chi connectivity index (χ3n) is 4.98. The number of hydrogen-bond donors (Lipinski definition) is 0. The van der Waals surface area contributed by atoms with E-state index in [4.69, 9.17) is 4.74 Å². The van der Waals surface area contributed by atoms with Crippen molar-refractivity contribution in [3.63, 3.8) is 0 Å². The van der Waals surface area contributed by atoms with Crippen molar-refractivity contribution in [2.45, 2.75) is 33.1 Å². The molecule has 3 heterocycles. The van der Waals surface area contributed by atoms with Gasteiger partial charge in [0.2, 0.25) is 5.91 Å². The van der Waals surface area contributed by atoms with Gasteiger partial charge in [-0.2, -0.15) is 5.10 Å². The Morgan fingerprint density at radius 3 is 2.52 bits per heavy atom. The molecule has 0 radical (unpaired) electrons. The predicted molar refractivity (Wildman–Crippen MR) is 88.5 cm³/mol. The molecule has 0 aromatic carbocycles. The Bertz CT molecular complexity index is 550. The third-order valence-corrected chi connectivity index (χ3v) is 4.98. The molecule has 3 rings (SSSR count). The molecule has 0 unspecified atom stereocenters.